The van der Waals surface area contributed by atoms with E-state index in [4.69, 9.17) is 16.3 Å². The number of aryl methyl sites for hydroxylation is 1. The number of aliphatic hydroxyl groups is 1. The molecule has 3 aromatic heterocycles. The molecule has 11 heteroatoms. The first kappa shape index (κ1) is 23.2. The van der Waals surface area contributed by atoms with E-state index in [-0.39, 0.29) is 12.2 Å². The largest absolute Gasteiger partial charge is 0.490 e. The summed E-state index contributed by atoms with van der Waals surface area (Å²) in [7, 11) is 1.71. The van der Waals surface area contributed by atoms with Crippen molar-refractivity contribution in [1.82, 2.24) is 29.8 Å². The Labute approximate surface area is 209 Å². The Bertz CT molecular complexity index is 1580. The first-order valence-electron chi connectivity index (χ1n) is 10.7. The van der Waals surface area contributed by atoms with Crippen molar-refractivity contribution >= 4 is 33.2 Å². The molecule has 0 saturated heterocycles. The highest BCUT2D eigenvalue weighted by Crippen LogP contribution is 2.33. The minimum absolute atomic E-state index is 0.0702. The minimum atomic E-state index is -1.03. The fourth-order valence-electron chi connectivity index (χ4n) is 3.53. The Kier molecular flexibility index (Phi) is 5.87. The van der Waals surface area contributed by atoms with Gasteiger partial charge in [0, 0.05) is 16.9 Å². The van der Waals surface area contributed by atoms with E-state index in [0.29, 0.717) is 38.1 Å². The van der Waals surface area contributed by atoms with Crippen LogP contribution in [0.2, 0.25) is 5.02 Å². The molecule has 0 aliphatic carbocycles. The third kappa shape index (κ3) is 4.68. The summed E-state index contributed by atoms with van der Waals surface area (Å²) in [6.45, 7) is 3.39. The lowest BCUT2D eigenvalue weighted by atomic mass is 10.1. The number of halogens is 1. The van der Waals surface area contributed by atoms with Crippen molar-refractivity contribution in [3.63, 3.8) is 0 Å². The molecule has 3 heterocycles. The maximum absolute atomic E-state index is 13.4. The molecular weight excluding hydrogens is 488 g/mol. The second kappa shape index (κ2) is 8.88. The van der Waals surface area contributed by atoms with Crippen LogP contribution in [0.25, 0.3) is 37.7 Å². The predicted molar refractivity (Wildman–Crippen MR) is 135 cm³/mol. The van der Waals surface area contributed by atoms with Gasteiger partial charge in [-0.05, 0) is 66.2 Å². The number of hydrogen-bond acceptors (Lipinski definition) is 8. The molecule has 0 aliphatic heterocycles. The Balaban J connectivity index is 1.59. The molecule has 0 fully saturated rings. The van der Waals surface area contributed by atoms with Gasteiger partial charge in [0.15, 0.2) is 5.82 Å². The van der Waals surface area contributed by atoms with Crippen LogP contribution < -0.4 is 10.3 Å². The first-order valence-corrected chi connectivity index (χ1v) is 11.9. The van der Waals surface area contributed by atoms with Crippen LogP contribution in [0.4, 0.5) is 0 Å². The van der Waals surface area contributed by atoms with Gasteiger partial charge in [-0.15, -0.1) is 16.4 Å². The zero-order valence-electron chi connectivity index (χ0n) is 19.1. The second-order valence-corrected chi connectivity index (χ2v) is 10.1. The normalized spacial score (nSPS) is 11.8. The summed E-state index contributed by atoms with van der Waals surface area (Å²) in [6.07, 6.45) is 1.51. The molecule has 0 atom stereocenters. The summed E-state index contributed by atoms with van der Waals surface area (Å²) in [5.74, 6) is 0.942. The van der Waals surface area contributed by atoms with Gasteiger partial charge in [0.25, 0.3) is 5.56 Å². The molecule has 178 valence electrons. The molecule has 35 heavy (non-hydrogen) atoms. The summed E-state index contributed by atoms with van der Waals surface area (Å²) in [6, 6.07) is 14.6. The molecule has 0 bridgehead atoms. The number of fused-ring (bicyclic) bond motifs is 1. The van der Waals surface area contributed by atoms with Gasteiger partial charge in [0.05, 0.1) is 22.4 Å². The maximum Gasteiger partial charge on any atom is 0.275 e. The van der Waals surface area contributed by atoms with Crippen LogP contribution in [0, 0.1) is 0 Å². The van der Waals surface area contributed by atoms with Crippen molar-refractivity contribution in [2.75, 3.05) is 6.61 Å². The van der Waals surface area contributed by atoms with E-state index in [9.17, 15) is 9.90 Å². The smallest absolute Gasteiger partial charge is 0.275 e. The number of tetrazole rings is 1. The summed E-state index contributed by atoms with van der Waals surface area (Å²) in [5.41, 5.74) is 1.55. The number of ether oxygens (including phenoxy) is 1. The van der Waals surface area contributed by atoms with Crippen LogP contribution in [0.1, 0.15) is 13.8 Å². The zero-order valence-corrected chi connectivity index (χ0v) is 20.7. The Morgan fingerprint density at radius 1 is 1.14 bits per heavy atom. The van der Waals surface area contributed by atoms with Crippen LogP contribution in [-0.4, -0.2) is 47.1 Å². The molecule has 0 radical (unpaired) electrons. The minimum Gasteiger partial charge on any atom is -0.490 e. The van der Waals surface area contributed by atoms with Crippen LogP contribution >= 0.6 is 22.9 Å². The summed E-state index contributed by atoms with van der Waals surface area (Å²) in [5, 5.41) is 22.5. The molecule has 0 aliphatic rings. The molecule has 5 aromatic rings. The summed E-state index contributed by atoms with van der Waals surface area (Å²) in [4.78, 5) is 18.9. The summed E-state index contributed by atoms with van der Waals surface area (Å²) >= 11 is 7.39. The third-order valence-electron chi connectivity index (χ3n) is 5.25. The van der Waals surface area contributed by atoms with E-state index in [2.05, 4.69) is 20.5 Å². The molecule has 9 nitrogen and oxygen atoms in total. The van der Waals surface area contributed by atoms with E-state index < -0.39 is 5.60 Å². The molecule has 2 aromatic carbocycles. The first-order chi connectivity index (χ1) is 16.7. The fourth-order valence-corrected chi connectivity index (χ4v) is 4.71. The number of rotatable bonds is 6. The Morgan fingerprint density at radius 3 is 2.60 bits per heavy atom. The Morgan fingerprint density at radius 2 is 1.91 bits per heavy atom. The Hall–Kier alpha value is -3.60. The number of benzene rings is 2. The van der Waals surface area contributed by atoms with Gasteiger partial charge in [-0.1, -0.05) is 23.7 Å². The molecular formula is C24H21ClN6O3S. The lowest BCUT2D eigenvalue weighted by Gasteiger charge is -2.19. The lowest BCUT2D eigenvalue weighted by Crippen LogP contribution is -2.28. The van der Waals surface area contributed by atoms with Crippen molar-refractivity contribution in [2.24, 2.45) is 7.05 Å². The van der Waals surface area contributed by atoms with Crippen LogP contribution in [-0.2, 0) is 7.05 Å². The highest BCUT2D eigenvalue weighted by molar-refractivity contribution is 7.22. The quantitative estimate of drug-likeness (QED) is 0.367. The van der Waals surface area contributed by atoms with Gasteiger partial charge in [0.2, 0.25) is 0 Å². The fraction of sp³-hybridized carbons (Fsp3) is 0.208. The van der Waals surface area contributed by atoms with Gasteiger partial charge in [-0.2, -0.15) is 0 Å². The SMILES string of the molecule is Cn1nnnc1-c1cc(-n2cnc3cc(-c4ccc(Cl)cc4)sc3c2=O)ccc1OCC(C)(C)O. The van der Waals surface area contributed by atoms with E-state index in [0.717, 1.165) is 10.4 Å². The monoisotopic (exact) mass is 508 g/mol. The molecule has 0 spiro atoms. The standard InChI is InChI=1S/C24H21ClN6O3S/c1-24(2,33)12-34-19-9-8-16(10-17(19)22-27-28-29-30(22)3)31-13-26-18-11-20(35-21(18)23(31)32)14-4-6-15(25)7-5-14/h4-11,13,33H,12H2,1-3H3. The molecule has 0 amide bonds. The molecule has 5 rings (SSSR count). The van der Waals surface area contributed by atoms with Crippen molar-refractivity contribution < 1.29 is 9.84 Å². The maximum atomic E-state index is 13.4. The van der Waals surface area contributed by atoms with Crippen LogP contribution in [0.3, 0.4) is 0 Å². The van der Waals surface area contributed by atoms with Crippen molar-refractivity contribution in [2.45, 2.75) is 19.4 Å². The van der Waals surface area contributed by atoms with Gasteiger partial charge < -0.3 is 9.84 Å². The summed E-state index contributed by atoms with van der Waals surface area (Å²) < 4.78 is 9.40. The van der Waals surface area contributed by atoms with Crippen LogP contribution in [0.5, 0.6) is 5.75 Å². The molecule has 1 N–H and O–H groups in total. The predicted octanol–water partition coefficient (Wildman–Crippen LogP) is 4.11. The molecule has 0 unspecified atom stereocenters. The van der Waals surface area contributed by atoms with Gasteiger partial charge >= 0.3 is 0 Å². The number of thiophene rings is 1. The van der Waals surface area contributed by atoms with Gasteiger partial charge in [0.1, 0.15) is 23.4 Å². The lowest BCUT2D eigenvalue weighted by molar-refractivity contribution is 0.0287. The number of hydrogen-bond donors (Lipinski definition) is 1. The van der Waals surface area contributed by atoms with Gasteiger partial charge in [-0.3, -0.25) is 9.36 Å². The topological polar surface area (TPSA) is 108 Å². The third-order valence-corrected chi connectivity index (χ3v) is 6.66. The van der Waals surface area contributed by atoms with E-state index in [1.54, 1.807) is 39.1 Å². The number of aromatic nitrogens is 6. The zero-order chi connectivity index (χ0) is 24.7. The van der Waals surface area contributed by atoms with Crippen molar-refractivity contribution in [3.05, 3.63) is 70.2 Å². The van der Waals surface area contributed by atoms with Crippen molar-refractivity contribution in [1.29, 1.82) is 0 Å². The average molecular weight is 509 g/mol. The van der Waals surface area contributed by atoms with Crippen molar-refractivity contribution in [3.8, 4) is 33.3 Å². The van der Waals surface area contributed by atoms with E-state index in [1.807, 2.05) is 30.3 Å². The van der Waals surface area contributed by atoms with E-state index >= 15 is 0 Å². The van der Waals surface area contributed by atoms with Crippen LogP contribution in [0.15, 0.2) is 59.7 Å². The highest BCUT2D eigenvalue weighted by atomic mass is 35.5. The second-order valence-electron chi connectivity index (χ2n) is 8.66. The highest BCUT2D eigenvalue weighted by Gasteiger charge is 2.19. The van der Waals surface area contributed by atoms with E-state index in [1.165, 1.54) is 26.9 Å². The number of nitrogens with zero attached hydrogens (tertiary/aromatic N) is 6. The molecule has 0 saturated carbocycles. The van der Waals surface area contributed by atoms with Gasteiger partial charge in [-0.25, -0.2) is 9.67 Å². The average Bonchev–Trinajstić information content (AvgIpc) is 3.45.